The van der Waals surface area contributed by atoms with Crippen LogP contribution in [0.2, 0.25) is 0 Å². The third-order valence-corrected chi connectivity index (χ3v) is 6.35. The van der Waals surface area contributed by atoms with E-state index in [1.54, 1.807) is 21.1 Å². The van der Waals surface area contributed by atoms with E-state index in [0.29, 0.717) is 28.3 Å². The number of halogens is 1. The zero-order valence-corrected chi connectivity index (χ0v) is 19.9. The fourth-order valence-corrected chi connectivity index (χ4v) is 4.51. The number of benzene rings is 3. The van der Waals surface area contributed by atoms with Crippen LogP contribution in [0.25, 0.3) is 10.9 Å². The third kappa shape index (κ3) is 4.49. The molecule has 35 heavy (non-hydrogen) atoms. The van der Waals surface area contributed by atoms with Gasteiger partial charge in [-0.05, 0) is 60.5 Å². The van der Waals surface area contributed by atoms with Gasteiger partial charge in [-0.1, -0.05) is 12.1 Å². The van der Waals surface area contributed by atoms with Gasteiger partial charge in [0.1, 0.15) is 5.82 Å². The van der Waals surface area contributed by atoms with E-state index in [1.807, 2.05) is 36.4 Å². The van der Waals surface area contributed by atoms with E-state index in [9.17, 15) is 9.18 Å². The van der Waals surface area contributed by atoms with Crippen LogP contribution in [-0.2, 0) is 13.0 Å². The fourth-order valence-electron chi connectivity index (χ4n) is 4.51. The van der Waals surface area contributed by atoms with Gasteiger partial charge in [-0.15, -0.1) is 0 Å². The lowest BCUT2D eigenvalue weighted by Gasteiger charge is -2.20. The lowest BCUT2D eigenvalue weighted by molar-refractivity contribution is 0.102. The number of rotatable bonds is 6. The molecule has 3 aromatic carbocycles. The van der Waals surface area contributed by atoms with Gasteiger partial charge in [0.05, 0.1) is 31.1 Å². The molecule has 6 nitrogen and oxygen atoms in total. The number of pyridine rings is 1. The van der Waals surface area contributed by atoms with Crippen molar-refractivity contribution in [3.05, 3.63) is 88.9 Å². The first-order chi connectivity index (χ1) is 16.9. The third-order valence-electron chi connectivity index (χ3n) is 6.35. The van der Waals surface area contributed by atoms with Crippen LogP contribution in [0.3, 0.4) is 0 Å². The van der Waals surface area contributed by atoms with Gasteiger partial charge in [0.15, 0.2) is 11.5 Å². The van der Waals surface area contributed by atoms with E-state index >= 15 is 0 Å². The summed E-state index contributed by atoms with van der Waals surface area (Å²) in [4.78, 5) is 19.8. The van der Waals surface area contributed by atoms with Crippen molar-refractivity contribution in [2.24, 2.45) is 0 Å². The zero-order chi connectivity index (χ0) is 24.5. The molecule has 0 radical (unpaired) electrons. The highest BCUT2D eigenvalue weighted by atomic mass is 19.1. The molecule has 4 aromatic rings. The highest BCUT2D eigenvalue weighted by Gasteiger charge is 2.22. The number of carbonyl (C=O) groups is 1. The van der Waals surface area contributed by atoms with Crippen LogP contribution in [-0.4, -0.2) is 31.7 Å². The Kier molecular flexibility index (Phi) is 5.99. The smallest absolute Gasteiger partial charge is 0.255 e. The molecule has 0 fully saturated rings. The normalized spacial score (nSPS) is 12.5. The first-order valence-electron chi connectivity index (χ1n) is 11.4. The maximum Gasteiger partial charge on any atom is 0.255 e. The van der Waals surface area contributed by atoms with Crippen molar-refractivity contribution in [1.82, 2.24) is 4.98 Å². The summed E-state index contributed by atoms with van der Waals surface area (Å²) in [7, 11) is 3.25. The standard InChI is InChI=1S/C28H26FN3O3/c1-17-12-20(29)6-9-22(17)28(33)30-21-7-4-18(5-8-21)16-32-11-10-23-25(32)13-19-14-26(34-2)27(35-3)15-24(19)31-23/h4-9,12-15H,10-11,16H2,1-3H3,(H,30,33). The van der Waals surface area contributed by atoms with Crippen molar-refractivity contribution in [2.75, 3.05) is 31.0 Å². The Morgan fingerprint density at radius 3 is 2.49 bits per heavy atom. The predicted octanol–water partition coefficient (Wildman–Crippen LogP) is 5.51. The van der Waals surface area contributed by atoms with Gasteiger partial charge in [0, 0.05) is 42.2 Å². The topological polar surface area (TPSA) is 63.7 Å². The number of nitrogens with zero attached hydrogens (tertiary/aromatic N) is 2. The second kappa shape index (κ2) is 9.25. The van der Waals surface area contributed by atoms with Gasteiger partial charge in [-0.2, -0.15) is 0 Å². The summed E-state index contributed by atoms with van der Waals surface area (Å²) in [6.45, 7) is 3.34. The number of aryl methyl sites for hydroxylation is 1. The molecular formula is C28H26FN3O3. The van der Waals surface area contributed by atoms with Crippen LogP contribution in [0.1, 0.15) is 27.2 Å². The van der Waals surface area contributed by atoms with E-state index in [0.717, 1.165) is 47.4 Å². The Labute approximate surface area is 203 Å². The van der Waals surface area contributed by atoms with Crippen molar-refractivity contribution >= 4 is 28.2 Å². The molecule has 2 heterocycles. The first kappa shape index (κ1) is 22.7. The van der Waals surface area contributed by atoms with E-state index in [4.69, 9.17) is 14.5 Å². The minimum Gasteiger partial charge on any atom is -0.493 e. The first-order valence-corrected chi connectivity index (χ1v) is 11.4. The lowest BCUT2D eigenvalue weighted by atomic mass is 10.1. The van der Waals surface area contributed by atoms with Gasteiger partial charge >= 0.3 is 0 Å². The zero-order valence-electron chi connectivity index (χ0n) is 19.9. The molecule has 0 spiro atoms. The number of aromatic nitrogens is 1. The fraction of sp³-hybridized carbons (Fsp3) is 0.214. The molecular weight excluding hydrogens is 445 g/mol. The number of amides is 1. The number of hydrogen-bond acceptors (Lipinski definition) is 5. The molecule has 1 aliphatic rings. The lowest BCUT2D eigenvalue weighted by Crippen LogP contribution is -2.19. The molecule has 1 aliphatic heterocycles. The van der Waals surface area contributed by atoms with Gasteiger partial charge < -0.3 is 19.7 Å². The second-order valence-corrected chi connectivity index (χ2v) is 8.64. The van der Waals surface area contributed by atoms with Crippen molar-refractivity contribution in [2.45, 2.75) is 19.9 Å². The SMILES string of the molecule is COc1cc2cc3c(nc2cc1OC)CCN3Cc1ccc(NC(=O)c2ccc(F)cc2C)cc1. The number of ether oxygens (including phenoxy) is 2. The van der Waals surface area contributed by atoms with Crippen molar-refractivity contribution in [3.63, 3.8) is 0 Å². The second-order valence-electron chi connectivity index (χ2n) is 8.64. The Hall–Kier alpha value is -4.13. The van der Waals surface area contributed by atoms with Crippen molar-refractivity contribution in [1.29, 1.82) is 0 Å². The largest absolute Gasteiger partial charge is 0.493 e. The summed E-state index contributed by atoms with van der Waals surface area (Å²) in [6, 6.07) is 18.0. The van der Waals surface area contributed by atoms with Crippen LogP contribution in [0, 0.1) is 12.7 Å². The summed E-state index contributed by atoms with van der Waals surface area (Å²) >= 11 is 0. The number of hydrogen-bond donors (Lipinski definition) is 1. The molecule has 0 saturated carbocycles. The summed E-state index contributed by atoms with van der Waals surface area (Å²) in [5.74, 6) is 0.742. The molecule has 0 aliphatic carbocycles. The van der Waals surface area contributed by atoms with Crippen LogP contribution in [0.15, 0.2) is 60.7 Å². The van der Waals surface area contributed by atoms with Crippen LogP contribution >= 0.6 is 0 Å². The predicted molar refractivity (Wildman–Crippen MR) is 135 cm³/mol. The Morgan fingerprint density at radius 1 is 1.03 bits per heavy atom. The minimum atomic E-state index is -0.353. The van der Waals surface area contributed by atoms with E-state index < -0.39 is 0 Å². The Balaban J connectivity index is 1.31. The Morgan fingerprint density at radius 2 is 1.77 bits per heavy atom. The highest BCUT2D eigenvalue weighted by molar-refractivity contribution is 6.05. The summed E-state index contributed by atoms with van der Waals surface area (Å²) in [5.41, 5.74) is 5.96. The summed E-state index contributed by atoms with van der Waals surface area (Å²) < 4.78 is 24.2. The van der Waals surface area contributed by atoms with E-state index in [1.165, 1.54) is 18.2 Å². The maximum atomic E-state index is 13.3. The average molecular weight is 472 g/mol. The average Bonchev–Trinajstić information content (AvgIpc) is 3.24. The Bertz CT molecular complexity index is 1420. The van der Waals surface area contributed by atoms with E-state index in [-0.39, 0.29) is 11.7 Å². The molecule has 0 unspecified atom stereocenters. The quantitative estimate of drug-likeness (QED) is 0.402. The molecule has 0 atom stereocenters. The van der Waals surface area contributed by atoms with Crippen LogP contribution in [0.5, 0.6) is 11.5 Å². The number of fused-ring (bicyclic) bond motifs is 2. The number of methoxy groups -OCH3 is 2. The monoisotopic (exact) mass is 471 g/mol. The highest BCUT2D eigenvalue weighted by Crippen LogP contribution is 2.36. The van der Waals surface area contributed by atoms with Crippen molar-refractivity contribution < 1.29 is 18.7 Å². The van der Waals surface area contributed by atoms with E-state index in [2.05, 4.69) is 16.3 Å². The summed E-state index contributed by atoms with van der Waals surface area (Å²) in [6.07, 6.45) is 0.880. The molecule has 1 amide bonds. The van der Waals surface area contributed by atoms with Crippen LogP contribution < -0.4 is 19.7 Å². The van der Waals surface area contributed by atoms with Gasteiger partial charge in [-0.3, -0.25) is 9.78 Å². The maximum absolute atomic E-state index is 13.3. The number of carbonyl (C=O) groups excluding carboxylic acids is 1. The molecule has 5 rings (SSSR count). The van der Waals surface area contributed by atoms with Gasteiger partial charge in [0.2, 0.25) is 0 Å². The number of nitrogens with one attached hydrogen (secondary N) is 1. The molecule has 7 heteroatoms. The molecule has 1 N–H and O–H groups in total. The molecule has 178 valence electrons. The van der Waals surface area contributed by atoms with Gasteiger partial charge in [0.25, 0.3) is 5.91 Å². The molecule has 1 aromatic heterocycles. The molecule has 0 bridgehead atoms. The molecule has 0 saturated heterocycles. The van der Waals surface area contributed by atoms with Crippen LogP contribution in [0.4, 0.5) is 15.8 Å². The summed E-state index contributed by atoms with van der Waals surface area (Å²) in [5, 5.41) is 3.89. The minimum absolute atomic E-state index is 0.256. The number of anilines is 2. The van der Waals surface area contributed by atoms with Crippen molar-refractivity contribution in [3.8, 4) is 11.5 Å². The van der Waals surface area contributed by atoms with Gasteiger partial charge in [-0.25, -0.2) is 4.39 Å².